The highest BCUT2D eigenvalue weighted by Gasteiger charge is 2.09. The lowest BCUT2D eigenvalue weighted by atomic mass is 10.1. The van der Waals surface area contributed by atoms with Crippen LogP contribution in [0.2, 0.25) is 0 Å². The quantitative estimate of drug-likeness (QED) is 0.899. The van der Waals surface area contributed by atoms with Gasteiger partial charge in [-0.1, -0.05) is 24.6 Å². The maximum atomic E-state index is 8.93. The fourth-order valence-corrected chi connectivity index (χ4v) is 2.04. The Hall–Kier alpha value is -1.33. The molecule has 0 aliphatic rings. The molecule has 1 aromatic heterocycles. The van der Waals surface area contributed by atoms with Crippen LogP contribution in [0.4, 0.5) is 0 Å². The van der Waals surface area contributed by atoms with Crippen molar-refractivity contribution in [2.24, 2.45) is 0 Å². The maximum absolute atomic E-state index is 8.93. The third kappa shape index (κ3) is 3.34. The van der Waals surface area contributed by atoms with Gasteiger partial charge < -0.3 is 9.52 Å². The predicted molar refractivity (Wildman–Crippen MR) is 72.3 cm³/mol. The summed E-state index contributed by atoms with van der Waals surface area (Å²) in [5, 5.41) is 17.1. The molecule has 1 atom stereocenters. The minimum atomic E-state index is 0.156. The third-order valence-electron chi connectivity index (χ3n) is 2.51. The lowest BCUT2D eigenvalue weighted by Gasteiger charge is -2.03. The number of aliphatic hydroxyl groups excluding tert-OH is 1. The largest absolute Gasteiger partial charge is 0.420 e. The van der Waals surface area contributed by atoms with Gasteiger partial charge in [0.05, 0.1) is 12.4 Å². The second kappa shape index (κ2) is 6.02. The molecule has 0 saturated heterocycles. The zero-order valence-electron chi connectivity index (χ0n) is 10.5. The summed E-state index contributed by atoms with van der Waals surface area (Å²) in [6.45, 7) is 4.15. The second-order valence-corrected chi connectivity index (χ2v) is 5.60. The van der Waals surface area contributed by atoms with E-state index in [9.17, 15) is 0 Å². The van der Waals surface area contributed by atoms with Gasteiger partial charge in [-0.25, -0.2) is 0 Å². The third-order valence-corrected chi connectivity index (χ3v) is 3.65. The first kappa shape index (κ1) is 13.1. The Kier molecular flexibility index (Phi) is 4.38. The molecule has 0 radical (unpaired) electrons. The van der Waals surface area contributed by atoms with Gasteiger partial charge in [0.25, 0.3) is 0 Å². The van der Waals surface area contributed by atoms with Gasteiger partial charge in [-0.05, 0) is 19.1 Å². The molecular weight excluding hydrogens is 248 g/mol. The minimum absolute atomic E-state index is 0.156. The van der Waals surface area contributed by atoms with Crippen molar-refractivity contribution in [3.05, 3.63) is 35.7 Å². The molecule has 0 amide bonds. The fourth-order valence-electron chi connectivity index (χ4n) is 1.39. The lowest BCUT2D eigenvalue weighted by Crippen LogP contribution is -2.02. The summed E-state index contributed by atoms with van der Waals surface area (Å²) in [4.78, 5) is 0. The molecule has 96 valence electrons. The van der Waals surface area contributed by atoms with Crippen LogP contribution in [-0.4, -0.2) is 27.2 Å². The SMILES string of the molecule is Cc1ccc(-c2nnc(CSC(C)CO)o2)cc1. The second-order valence-electron chi connectivity index (χ2n) is 4.17. The summed E-state index contributed by atoms with van der Waals surface area (Å²) in [6.07, 6.45) is 0. The van der Waals surface area contributed by atoms with E-state index >= 15 is 0 Å². The summed E-state index contributed by atoms with van der Waals surface area (Å²) in [7, 11) is 0. The molecule has 0 aliphatic heterocycles. The van der Waals surface area contributed by atoms with E-state index in [1.807, 2.05) is 38.1 Å². The van der Waals surface area contributed by atoms with Crippen LogP contribution in [0, 0.1) is 6.92 Å². The van der Waals surface area contributed by atoms with E-state index in [1.54, 1.807) is 11.8 Å². The molecule has 0 aliphatic carbocycles. The van der Waals surface area contributed by atoms with Gasteiger partial charge in [0, 0.05) is 10.8 Å². The van der Waals surface area contributed by atoms with Crippen LogP contribution in [0.25, 0.3) is 11.5 Å². The molecule has 18 heavy (non-hydrogen) atoms. The van der Waals surface area contributed by atoms with Crippen molar-refractivity contribution in [1.29, 1.82) is 0 Å². The molecule has 4 nitrogen and oxygen atoms in total. The van der Waals surface area contributed by atoms with Crippen LogP contribution in [0.3, 0.4) is 0 Å². The molecule has 2 aromatic rings. The smallest absolute Gasteiger partial charge is 0.247 e. The van der Waals surface area contributed by atoms with Gasteiger partial charge >= 0.3 is 0 Å². The van der Waals surface area contributed by atoms with Crippen LogP contribution in [0.5, 0.6) is 0 Å². The highest BCUT2D eigenvalue weighted by molar-refractivity contribution is 7.99. The van der Waals surface area contributed by atoms with E-state index in [0.717, 1.165) is 5.56 Å². The van der Waals surface area contributed by atoms with Gasteiger partial charge in [0.1, 0.15) is 0 Å². The van der Waals surface area contributed by atoms with Crippen molar-refractivity contribution < 1.29 is 9.52 Å². The van der Waals surface area contributed by atoms with E-state index in [1.165, 1.54) is 5.56 Å². The lowest BCUT2D eigenvalue weighted by molar-refractivity contribution is 0.300. The van der Waals surface area contributed by atoms with Gasteiger partial charge in [-0.2, -0.15) is 0 Å². The van der Waals surface area contributed by atoms with E-state index < -0.39 is 0 Å². The van der Waals surface area contributed by atoms with Gasteiger partial charge in [0.2, 0.25) is 11.8 Å². The molecule has 0 fully saturated rings. The average Bonchev–Trinajstić information content (AvgIpc) is 2.85. The monoisotopic (exact) mass is 264 g/mol. The van der Waals surface area contributed by atoms with E-state index in [4.69, 9.17) is 9.52 Å². The summed E-state index contributed by atoms with van der Waals surface area (Å²) in [6, 6.07) is 7.97. The number of aromatic nitrogens is 2. The van der Waals surface area contributed by atoms with Crippen molar-refractivity contribution in [2.45, 2.75) is 24.9 Å². The number of hydrogen-bond acceptors (Lipinski definition) is 5. The molecule has 2 rings (SSSR count). The zero-order valence-corrected chi connectivity index (χ0v) is 11.3. The molecule has 0 saturated carbocycles. The summed E-state index contributed by atoms with van der Waals surface area (Å²) >= 11 is 1.59. The predicted octanol–water partition coefficient (Wildman–Crippen LogP) is 2.66. The molecule has 1 heterocycles. The van der Waals surface area contributed by atoms with E-state index in [2.05, 4.69) is 10.2 Å². The highest BCUT2D eigenvalue weighted by atomic mass is 32.2. The number of aliphatic hydroxyl groups is 1. The van der Waals surface area contributed by atoms with Gasteiger partial charge in [-0.15, -0.1) is 22.0 Å². The van der Waals surface area contributed by atoms with Crippen LogP contribution in [-0.2, 0) is 5.75 Å². The van der Waals surface area contributed by atoms with Gasteiger partial charge in [0.15, 0.2) is 0 Å². The molecule has 5 heteroatoms. The van der Waals surface area contributed by atoms with Crippen LogP contribution < -0.4 is 0 Å². The van der Waals surface area contributed by atoms with Crippen molar-refractivity contribution in [3.8, 4) is 11.5 Å². The maximum Gasteiger partial charge on any atom is 0.247 e. The Morgan fingerprint density at radius 3 is 2.67 bits per heavy atom. The zero-order chi connectivity index (χ0) is 13.0. The molecular formula is C13H16N2O2S. The number of aryl methyl sites for hydroxylation is 1. The molecule has 0 spiro atoms. The topological polar surface area (TPSA) is 59.2 Å². The average molecular weight is 264 g/mol. The minimum Gasteiger partial charge on any atom is -0.420 e. The summed E-state index contributed by atoms with van der Waals surface area (Å²) in [5.74, 6) is 1.76. The van der Waals surface area contributed by atoms with Gasteiger partial charge in [-0.3, -0.25) is 0 Å². The van der Waals surface area contributed by atoms with E-state index in [0.29, 0.717) is 17.5 Å². The Labute approximate surface area is 110 Å². The number of thioether (sulfide) groups is 1. The molecule has 1 N–H and O–H groups in total. The normalized spacial score (nSPS) is 12.6. The summed E-state index contributed by atoms with van der Waals surface area (Å²) in [5.41, 5.74) is 2.13. The first-order valence-corrected chi connectivity index (χ1v) is 6.86. The first-order valence-electron chi connectivity index (χ1n) is 5.81. The number of rotatable bonds is 5. The highest BCUT2D eigenvalue weighted by Crippen LogP contribution is 2.21. The van der Waals surface area contributed by atoms with Crippen molar-refractivity contribution in [2.75, 3.05) is 6.61 Å². The van der Waals surface area contributed by atoms with Crippen LogP contribution in [0.1, 0.15) is 18.4 Å². The first-order chi connectivity index (χ1) is 8.69. The van der Waals surface area contributed by atoms with Crippen LogP contribution in [0.15, 0.2) is 28.7 Å². The van der Waals surface area contributed by atoms with Crippen molar-refractivity contribution in [3.63, 3.8) is 0 Å². The Balaban J connectivity index is 2.03. The van der Waals surface area contributed by atoms with E-state index in [-0.39, 0.29) is 11.9 Å². The number of benzene rings is 1. The van der Waals surface area contributed by atoms with Crippen LogP contribution >= 0.6 is 11.8 Å². The Bertz CT molecular complexity index is 496. The molecule has 1 unspecified atom stereocenters. The Morgan fingerprint density at radius 2 is 2.00 bits per heavy atom. The Morgan fingerprint density at radius 1 is 1.28 bits per heavy atom. The molecule has 0 bridgehead atoms. The standard InChI is InChI=1S/C13H16N2O2S/c1-9-3-5-11(6-4-9)13-15-14-12(17-13)8-18-10(2)7-16/h3-6,10,16H,7-8H2,1-2H3. The number of hydrogen-bond donors (Lipinski definition) is 1. The number of nitrogens with zero attached hydrogens (tertiary/aromatic N) is 2. The molecule has 1 aromatic carbocycles. The van der Waals surface area contributed by atoms with Crippen molar-refractivity contribution in [1.82, 2.24) is 10.2 Å². The van der Waals surface area contributed by atoms with Crippen molar-refractivity contribution >= 4 is 11.8 Å². The summed E-state index contributed by atoms with van der Waals surface area (Å²) < 4.78 is 5.58. The fraction of sp³-hybridized carbons (Fsp3) is 0.385.